The standard InChI is InChI=1S/C14H28N2O2/c1-5-8-15-12-7-6-9-16(14(12)17)13(10-18-4)11(2)3/h11-13,15H,5-10H2,1-4H3. The summed E-state index contributed by atoms with van der Waals surface area (Å²) in [7, 11) is 1.70. The van der Waals surface area contributed by atoms with Crippen LogP contribution < -0.4 is 5.32 Å². The first-order valence-corrected chi connectivity index (χ1v) is 7.14. The number of carbonyl (C=O) groups excluding carboxylic acids is 1. The van der Waals surface area contributed by atoms with Crippen molar-refractivity contribution in [3.05, 3.63) is 0 Å². The molecule has 0 saturated carbocycles. The average molecular weight is 256 g/mol. The Morgan fingerprint density at radius 1 is 1.50 bits per heavy atom. The number of carbonyl (C=O) groups is 1. The van der Waals surface area contributed by atoms with E-state index in [9.17, 15) is 4.79 Å². The van der Waals surface area contributed by atoms with Crippen LogP contribution in [0.2, 0.25) is 0 Å². The van der Waals surface area contributed by atoms with Crippen molar-refractivity contribution in [2.75, 3.05) is 26.8 Å². The van der Waals surface area contributed by atoms with Crippen molar-refractivity contribution in [1.82, 2.24) is 10.2 Å². The molecule has 1 amide bonds. The molecule has 4 heteroatoms. The lowest BCUT2D eigenvalue weighted by atomic mass is 9.97. The SMILES string of the molecule is CCCNC1CCCN(C(COC)C(C)C)C1=O. The summed E-state index contributed by atoms with van der Waals surface area (Å²) < 4.78 is 5.27. The molecule has 1 saturated heterocycles. The van der Waals surface area contributed by atoms with Crippen LogP contribution in [-0.4, -0.2) is 49.7 Å². The molecular formula is C14H28N2O2. The highest BCUT2D eigenvalue weighted by Gasteiger charge is 2.33. The second kappa shape index (κ2) is 7.74. The molecule has 18 heavy (non-hydrogen) atoms. The van der Waals surface area contributed by atoms with Crippen LogP contribution in [-0.2, 0) is 9.53 Å². The average Bonchev–Trinajstić information content (AvgIpc) is 2.35. The number of hydrogen-bond donors (Lipinski definition) is 1. The highest BCUT2D eigenvalue weighted by molar-refractivity contribution is 5.83. The molecule has 4 nitrogen and oxygen atoms in total. The van der Waals surface area contributed by atoms with Gasteiger partial charge in [0.05, 0.1) is 18.7 Å². The molecule has 1 aliphatic rings. The molecule has 0 aromatic rings. The van der Waals surface area contributed by atoms with Crippen molar-refractivity contribution in [2.45, 2.75) is 52.1 Å². The number of nitrogens with zero attached hydrogens (tertiary/aromatic N) is 1. The number of methoxy groups -OCH3 is 1. The van der Waals surface area contributed by atoms with E-state index in [1.165, 1.54) is 0 Å². The zero-order valence-electron chi connectivity index (χ0n) is 12.2. The number of nitrogens with one attached hydrogen (secondary N) is 1. The molecule has 0 spiro atoms. The fraction of sp³-hybridized carbons (Fsp3) is 0.929. The normalized spacial score (nSPS) is 22.6. The predicted octanol–water partition coefficient (Wildman–Crippen LogP) is 1.65. The van der Waals surface area contributed by atoms with Crippen LogP contribution >= 0.6 is 0 Å². The number of hydrogen-bond acceptors (Lipinski definition) is 3. The topological polar surface area (TPSA) is 41.6 Å². The van der Waals surface area contributed by atoms with E-state index >= 15 is 0 Å². The van der Waals surface area contributed by atoms with Crippen LogP contribution in [0.25, 0.3) is 0 Å². The van der Waals surface area contributed by atoms with Crippen molar-refractivity contribution in [1.29, 1.82) is 0 Å². The van der Waals surface area contributed by atoms with Crippen LogP contribution in [0.5, 0.6) is 0 Å². The Morgan fingerprint density at radius 3 is 2.78 bits per heavy atom. The maximum Gasteiger partial charge on any atom is 0.240 e. The van der Waals surface area contributed by atoms with Crippen LogP contribution in [0.1, 0.15) is 40.0 Å². The van der Waals surface area contributed by atoms with Gasteiger partial charge in [-0.1, -0.05) is 20.8 Å². The molecule has 0 radical (unpaired) electrons. The number of rotatable bonds is 7. The number of piperidine rings is 1. The summed E-state index contributed by atoms with van der Waals surface area (Å²) in [4.78, 5) is 14.5. The first-order chi connectivity index (χ1) is 8.61. The summed E-state index contributed by atoms with van der Waals surface area (Å²) in [6.45, 7) is 8.85. The molecule has 0 aromatic carbocycles. The molecular weight excluding hydrogens is 228 g/mol. The third-order valence-electron chi connectivity index (χ3n) is 3.62. The van der Waals surface area contributed by atoms with E-state index in [0.717, 1.165) is 32.4 Å². The molecule has 2 atom stereocenters. The number of ether oxygens (including phenoxy) is 1. The maximum absolute atomic E-state index is 12.5. The van der Waals surface area contributed by atoms with Crippen LogP contribution in [0, 0.1) is 5.92 Å². The molecule has 1 fully saturated rings. The van der Waals surface area contributed by atoms with Crippen LogP contribution in [0.15, 0.2) is 0 Å². The first-order valence-electron chi connectivity index (χ1n) is 7.14. The minimum Gasteiger partial charge on any atom is -0.383 e. The number of amides is 1. The van der Waals surface area contributed by atoms with Gasteiger partial charge in [0.1, 0.15) is 0 Å². The van der Waals surface area contributed by atoms with E-state index in [2.05, 4.69) is 26.1 Å². The quantitative estimate of drug-likeness (QED) is 0.753. The smallest absolute Gasteiger partial charge is 0.240 e. The summed E-state index contributed by atoms with van der Waals surface area (Å²) in [5.74, 6) is 0.685. The Kier molecular flexibility index (Phi) is 6.65. The van der Waals surface area contributed by atoms with Gasteiger partial charge in [-0.3, -0.25) is 4.79 Å². The lowest BCUT2D eigenvalue weighted by Crippen LogP contribution is -2.56. The fourth-order valence-electron chi connectivity index (χ4n) is 2.55. The Morgan fingerprint density at radius 2 is 2.22 bits per heavy atom. The lowest BCUT2D eigenvalue weighted by molar-refractivity contribution is -0.141. The molecule has 0 bridgehead atoms. The van der Waals surface area contributed by atoms with Gasteiger partial charge in [-0.25, -0.2) is 0 Å². The van der Waals surface area contributed by atoms with Gasteiger partial charge in [-0.15, -0.1) is 0 Å². The fourth-order valence-corrected chi connectivity index (χ4v) is 2.55. The van der Waals surface area contributed by atoms with Crippen LogP contribution in [0.4, 0.5) is 0 Å². The van der Waals surface area contributed by atoms with Gasteiger partial charge in [0, 0.05) is 13.7 Å². The highest BCUT2D eigenvalue weighted by Crippen LogP contribution is 2.19. The van der Waals surface area contributed by atoms with Crippen LogP contribution in [0.3, 0.4) is 0 Å². The minimum atomic E-state index is 0.0109. The second-order valence-electron chi connectivity index (χ2n) is 5.45. The van der Waals surface area contributed by atoms with Crippen molar-refractivity contribution in [2.24, 2.45) is 5.92 Å². The molecule has 0 aliphatic carbocycles. The van der Waals surface area contributed by atoms with Gasteiger partial charge in [0.2, 0.25) is 5.91 Å². The zero-order valence-corrected chi connectivity index (χ0v) is 12.2. The lowest BCUT2D eigenvalue weighted by Gasteiger charge is -2.39. The van der Waals surface area contributed by atoms with Gasteiger partial charge >= 0.3 is 0 Å². The summed E-state index contributed by atoms with van der Waals surface area (Å²) in [6.07, 6.45) is 3.11. The molecule has 1 heterocycles. The van der Waals surface area contributed by atoms with Crippen molar-refractivity contribution in [3.8, 4) is 0 Å². The zero-order chi connectivity index (χ0) is 13.5. The summed E-state index contributed by atoms with van der Waals surface area (Å²) in [6, 6.07) is 0.213. The summed E-state index contributed by atoms with van der Waals surface area (Å²) in [5.41, 5.74) is 0. The van der Waals surface area contributed by atoms with Gasteiger partial charge in [0.25, 0.3) is 0 Å². The number of likely N-dealkylation sites (tertiary alicyclic amines) is 1. The summed E-state index contributed by atoms with van der Waals surface area (Å²) in [5, 5.41) is 3.35. The molecule has 1 rings (SSSR count). The van der Waals surface area contributed by atoms with E-state index in [1.54, 1.807) is 7.11 Å². The van der Waals surface area contributed by atoms with E-state index < -0.39 is 0 Å². The monoisotopic (exact) mass is 256 g/mol. The third-order valence-corrected chi connectivity index (χ3v) is 3.62. The Labute approximate surface area is 111 Å². The highest BCUT2D eigenvalue weighted by atomic mass is 16.5. The van der Waals surface area contributed by atoms with E-state index in [0.29, 0.717) is 12.5 Å². The van der Waals surface area contributed by atoms with E-state index in [4.69, 9.17) is 4.74 Å². The van der Waals surface area contributed by atoms with E-state index in [-0.39, 0.29) is 18.0 Å². The minimum absolute atomic E-state index is 0.0109. The Balaban J connectivity index is 2.65. The molecule has 2 unspecified atom stereocenters. The third kappa shape index (κ3) is 3.95. The molecule has 0 aromatic heterocycles. The maximum atomic E-state index is 12.5. The molecule has 106 valence electrons. The Hall–Kier alpha value is -0.610. The van der Waals surface area contributed by atoms with Gasteiger partial charge in [0.15, 0.2) is 0 Å². The van der Waals surface area contributed by atoms with Crippen molar-refractivity contribution >= 4 is 5.91 Å². The van der Waals surface area contributed by atoms with E-state index in [1.807, 2.05) is 4.90 Å². The largest absolute Gasteiger partial charge is 0.383 e. The first kappa shape index (κ1) is 15.4. The second-order valence-corrected chi connectivity index (χ2v) is 5.45. The van der Waals surface area contributed by atoms with Gasteiger partial charge < -0.3 is 15.0 Å². The van der Waals surface area contributed by atoms with Crippen molar-refractivity contribution in [3.63, 3.8) is 0 Å². The van der Waals surface area contributed by atoms with Gasteiger partial charge in [-0.05, 0) is 31.7 Å². The molecule has 1 aliphatic heterocycles. The van der Waals surface area contributed by atoms with Crippen molar-refractivity contribution < 1.29 is 9.53 Å². The molecule has 1 N–H and O–H groups in total. The van der Waals surface area contributed by atoms with Gasteiger partial charge in [-0.2, -0.15) is 0 Å². The Bertz CT molecular complexity index is 256. The predicted molar refractivity (Wildman–Crippen MR) is 73.5 cm³/mol. The summed E-state index contributed by atoms with van der Waals surface area (Å²) >= 11 is 0.